The molecule has 0 aromatic carbocycles. The van der Waals surface area contributed by atoms with Crippen LogP contribution in [0.1, 0.15) is 0 Å². The molecule has 0 aliphatic carbocycles. The summed E-state index contributed by atoms with van der Waals surface area (Å²) in [4.78, 5) is 9.76. The first-order chi connectivity index (χ1) is 4.29. The number of carbonyl (C=O) groups excluding carboxylic acids is 1. The van der Waals surface area contributed by atoms with Crippen molar-refractivity contribution < 1.29 is 14.4 Å². The van der Waals surface area contributed by atoms with E-state index >= 15 is 0 Å². The molecular weight excluding hydrogens is 124 g/mol. The van der Waals surface area contributed by atoms with Gasteiger partial charge in [-0.3, -0.25) is 0 Å². The van der Waals surface area contributed by atoms with E-state index in [9.17, 15) is 9.90 Å². The van der Waals surface area contributed by atoms with E-state index in [0.29, 0.717) is 0 Å². The van der Waals surface area contributed by atoms with Crippen LogP contribution in [0.4, 0.5) is 10.6 Å². The summed E-state index contributed by atoms with van der Waals surface area (Å²) < 4.78 is 4.31. The number of nitrogens with zero attached hydrogens (tertiary/aromatic N) is 1. The maximum Gasteiger partial charge on any atom is 0.174 e. The number of hydrogen-bond donors (Lipinski definition) is 1. The minimum Gasteiger partial charge on any atom is -0.530 e. The normalized spacial score (nSPS) is 8.89. The molecule has 5 nitrogen and oxygen atoms in total. The molecule has 1 heterocycles. The first-order valence-corrected chi connectivity index (χ1v) is 2.17. The van der Waals surface area contributed by atoms with Crippen LogP contribution in [0.3, 0.4) is 0 Å². The number of carboxylic acid groups (broad SMARTS) is 1. The maximum absolute atomic E-state index is 9.76. The van der Waals surface area contributed by atoms with Crippen molar-refractivity contribution in [1.82, 2.24) is 5.16 Å². The van der Waals surface area contributed by atoms with E-state index in [-0.39, 0.29) is 5.82 Å². The third-order valence-electron chi connectivity index (χ3n) is 0.668. The highest BCUT2D eigenvalue weighted by molar-refractivity contribution is 5.79. The molecule has 1 amide bonds. The van der Waals surface area contributed by atoms with Gasteiger partial charge < -0.3 is 19.7 Å². The summed E-state index contributed by atoms with van der Waals surface area (Å²) in [6.45, 7) is 0. The molecular formula is C4H3N2O3-. The minimum atomic E-state index is -1.40. The van der Waals surface area contributed by atoms with Gasteiger partial charge in [0.2, 0.25) is 0 Å². The topological polar surface area (TPSA) is 78.2 Å². The molecule has 9 heavy (non-hydrogen) atoms. The predicted molar refractivity (Wildman–Crippen MR) is 25.5 cm³/mol. The Labute approximate surface area is 50.3 Å². The van der Waals surface area contributed by atoms with Crippen molar-refractivity contribution in [2.45, 2.75) is 0 Å². The van der Waals surface area contributed by atoms with E-state index in [1.165, 1.54) is 12.3 Å². The Kier molecular flexibility index (Phi) is 1.35. The molecule has 1 N–H and O–H groups in total. The van der Waals surface area contributed by atoms with Crippen LogP contribution in [0.2, 0.25) is 0 Å². The molecule has 0 spiro atoms. The van der Waals surface area contributed by atoms with Crippen LogP contribution in [0.25, 0.3) is 0 Å². The molecule has 0 radical (unpaired) electrons. The Balaban J connectivity index is 2.58. The summed E-state index contributed by atoms with van der Waals surface area (Å²) in [5.41, 5.74) is 0. The van der Waals surface area contributed by atoms with E-state index in [1.54, 1.807) is 0 Å². The fourth-order valence-corrected chi connectivity index (χ4v) is 0.382. The predicted octanol–water partition coefficient (Wildman–Crippen LogP) is -0.570. The van der Waals surface area contributed by atoms with Crippen molar-refractivity contribution in [3.63, 3.8) is 0 Å². The largest absolute Gasteiger partial charge is 0.530 e. The van der Waals surface area contributed by atoms with Crippen LogP contribution in [-0.4, -0.2) is 11.2 Å². The Hall–Kier alpha value is -1.52. The van der Waals surface area contributed by atoms with Crippen molar-refractivity contribution in [2.24, 2.45) is 0 Å². The number of nitrogens with one attached hydrogen (secondary N) is 1. The fourth-order valence-electron chi connectivity index (χ4n) is 0.382. The first kappa shape index (κ1) is 5.61. The minimum absolute atomic E-state index is 0.134. The van der Waals surface area contributed by atoms with Gasteiger partial charge in [-0.2, -0.15) is 0 Å². The van der Waals surface area contributed by atoms with Crippen LogP contribution in [0.5, 0.6) is 0 Å². The fraction of sp³-hybridized carbons (Fsp3) is 0. The maximum atomic E-state index is 9.76. The van der Waals surface area contributed by atoms with Crippen LogP contribution in [-0.2, 0) is 0 Å². The van der Waals surface area contributed by atoms with E-state index in [0.717, 1.165) is 0 Å². The summed E-state index contributed by atoms with van der Waals surface area (Å²) >= 11 is 0. The van der Waals surface area contributed by atoms with Gasteiger partial charge in [0.15, 0.2) is 5.82 Å². The molecule has 1 aromatic heterocycles. The van der Waals surface area contributed by atoms with Crippen LogP contribution in [0.15, 0.2) is 16.9 Å². The summed E-state index contributed by atoms with van der Waals surface area (Å²) in [6, 6.07) is 1.37. The van der Waals surface area contributed by atoms with Gasteiger partial charge in [-0.1, -0.05) is 5.16 Å². The molecule has 0 aliphatic heterocycles. The first-order valence-electron chi connectivity index (χ1n) is 2.17. The molecule has 1 rings (SSSR count). The van der Waals surface area contributed by atoms with Crippen molar-refractivity contribution in [1.29, 1.82) is 0 Å². The molecule has 0 atom stereocenters. The second-order valence-electron chi connectivity index (χ2n) is 1.30. The van der Waals surface area contributed by atoms with Crippen molar-refractivity contribution >= 4 is 11.9 Å². The zero-order chi connectivity index (χ0) is 6.69. The van der Waals surface area contributed by atoms with Gasteiger partial charge >= 0.3 is 0 Å². The molecule has 5 heteroatoms. The number of hydrogen-bond acceptors (Lipinski definition) is 4. The van der Waals surface area contributed by atoms with Gasteiger partial charge in [0.25, 0.3) is 0 Å². The molecule has 0 unspecified atom stereocenters. The van der Waals surface area contributed by atoms with Crippen molar-refractivity contribution in [2.75, 3.05) is 5.32 Å². The van der Waals surface area contributed by atoms with Gasteiger partial charge in [0, 0.05) is 6.07 Å². The molecule has 0 fully saturated rings. The average molecular weight is 127 g/mol. The summed E-state index contributed by atoms with van der Waals surface area (Å²) in [5.74, 6) is 0.134. The van der Waals surface area contributed by atoms with E-state index in [4.69, 9.17) is 0 Å². The lowest BCUT2D eigenvalue weighted by Gasteiger charge is -1.98. The average Bonchev–Trinajstić information content (AvgIpc) is 2.15. The lowest BCUT2D eigenvalue weighted by atomic mass is 10.6. The second kappa shape index (κ2) is 2.17. The highest BCUT2D eigenvalue weighted by atomic mass is 16.5. The second-order valence-corrected chi connectivity index (χ2v) is 1.30. The van der Waals surface area contributed by atoms with Gasteiger partial charge in [0.1, 0.15) is 12.4 Å². The van der Waals surface area contributed by atoms with Crippen LogP contribution >= 0.6 is 0 Å². The molecule has 0 saturated carbocycles. The third kappa shape index (κ3) is 1.45. The zero-order valence-electron chi connectivity index (χ0n) is 4.33. The van der Waals surface area contributed by atoms with Crippen LogP contribution < -0.4 is 10.4 Å². The Morgan fingerprint density at radius 2 is 2.67 bits per heavy atom. The summed E-state index contributed by atoms with van der Waals surface area (Å²) in [7, 11) is 0. The van der Waals surface area contributed by atoms with E-state index in [2.05, 4.69) is 9.68 Å². The van der Waals surface area contributed by atoms with Gasteiger partial charge in [-0.15, -0.1) is 0 Å². The third-order valence-corrected chi connectivity index (χ3v) is 0.668. The summed E-state index contributed by atoms with van der Waals surface area (Å²) in [5, 5.41) is 14.9. The van der Waals surface area contributed by atoms with Gasteiger partial charge in [-0.25, -0.2) is 0 Å². The standard InChI is InChI=1S/C4H4N2O3/c7-4(8)5-3-1-2-9-6-3/h1-2H,(H,5,6)(H,7,8)/p-1. The highest BCUT2D eigenvalue weighted by Gasteiger charge is 1.91. The number of anilines is 1. The van der Waals surface area contributed by atoms with E-state index < -0.39 is 6.09 Å². The number of aromatic nitrogens is 1. The molecule has 1 aromatic rings. The summed E-state index contributed by atoms with van der Waals surface area (Å²) in [6.07, 6.45) is -0.144. The van der Waals surface area contributed by atoms with Crippen molar-refractivity contribution in [3.8, 4) is 0 Å². The number of rotatable bonds is 1. The Morgan fingerprint density at radius 1 is 1.89 bits per heavy atom. The van der Waals surface area contributed by atoms with Gasteiger partial charge in [-0.05, 0) is 0 Å². The molecule has 0 saturated heterocycles. The Morgan fingerprint density at radius 3 is 3.11 bits per heavy atom. The van der Waals surface area contributed by atoms with E-state index in [1.807, 2.05) is 5.32 Å². The SMILES string of the molecule is O=C([O-])Nc1ccon1. The number of carbonyl (C=O) groups is 1. The smallest absolute Gasteiger partial charge is 0.174 e. The molecule has 48 valence electrons. The molecule has 0 bridgehead atoms. The Bertz CT molecular complexity index is 194. The zero-order valence-corrected chi connectivity index (χ0v) is 4.33. The van der Waals surface area contributed by atoms with Crippen LogP contribution in [0, 0.1) is 0 Å². The van der Waals surface area contributed by atoms with Gasteiger partial charge in [0.05, 0.1) is 0 Å². The molecule has 0 aliphatic rings. The highest BCUT2D eigenvalue weighted by Crippen LogP contribution is 1.98. The number of amides is 1. The van der Waals surface area contributed by atoms with Crippen molar-refractivity contribution in [3.05, 3.63) is 12.3 Å². The quantitative estimate of drug-likeness (QED) is 0.547. The monoisotopic (exact) mass is 127 g/mol. The lowest BCUT2D eigenvalue weighted by Crippen LogP contribution is -2.28. The lowest BCUT2D eigenvalue weighted by molar-refractivity contribution is -0.242.